The summed E-state index contributed by atoms with van der Waals surface area (Å²) in [6.07, 6.45) is -3.88. The largest absolute Gasteiger partial charge is 0.508 e. The predicted molar refractivity (Wildman–Crippen MR) is 262 cm³/mol. The van der Waals surface area contributed by atoms with Gasteiger partial charge in [0.05, 0.1) is 25.4 Å². The number of amides is 11. The molecule has 0 radical (unpaired) electrons. The molecule has 2 aromatic rings. The second-order valence-corrected chi connectivity index (χ2v) is 17.8. The lowest BCUT2D eigenvalue weighted by Crippen LogP contribution is -2.59. The van der Waals surface area contributed by atoms with Crippen LogP contribution in [0.15, 0.2) is 54.6 Å². The van der Waals surface area contributed by atoms with Crippen LogP contribution < -0.4 is 65.5 Å². The monoisotopic (exact) mass is 1050 g/mol. The van der Waals surface area contributed by atoms with Crippen molar-refractivity contribution in [3.05, 3.63) is 65.7 Å². The normalized spacial score (nSPS) is 14.0. The van der Waals surface area contributed by atoms with Crippen molar-refractivity contribution in [1.29, 1.82) is 0 Å². The Morgan fingerprint density at radius 1 is 0.493 bits per heavy atom. The van der Waals surface area contributed by atoms with Crippen LogP contribution in [0.3, 0.4) is 0 Å². The number of primary amides is 3. The molecule has 2 aromatic carbocycles. The maximum Gasteiger partial charge on any atom is 0.326 e. The quantitative estimate of drug-likeness (QED) is 0.0318. The van der Waals surface area contributed by atoms with Gasteiger partial charge in [-0.1, -0.05) is 56.3 Å². The smallest absolute Gasteiger partial charge is 0.326 e. The van der Waals surface area contributed by atoms with Crippen molar-refractivity contribution in [3.63, 3.8) is 0 Å². The van der Waals surface area contributed by atoms with E-state index in [1.807, 2.05) is 0 Å². The molecule has 8 atom stereocenters. The minimum atomic E-state index is -1.87. The van der Waals surface area contributed by atoms with E-state index in [-0.39, 0.29) is 30.9 Å². The molecule has 0 spiro atoms. The first-order valence-corrected chi connectivity index (χ1v) is 23.4. The summed E-state index contributed by atoms with van der Waals surface area (Å²) in [5, 5.41) is 47.3. The molecule has 28 heteroatoms. The maximum atomic E-state index is 14.0. The summed E-state index contributed by atoms with van der Waals surface area (Å²) in [5.41, 5.74) is 22.9. The molecule has 0 saturated carbocycles. The first kappa shape index (κ1) is 62.4. The van der Waals surface area contributed by atoms with E-state index in [0.29, 0.717) is 11.1 Å². The Bertz CT molecular complexity index is 2390. The Balaban J connectivity index is 2.28. The van der Waals surface area contributed by atoms with Gasteiger partial charge >= 0.3 is 11.9 Å². The molecule has 0 saturated heterocycles. The third kappa shape index (κ3) is 24.1. The highest BCUT2D eigenvalue weighted by atomic mass is 16.4. The molecule has 75 heavy (non-hydrogen) atoms. The molecule has 0 aliphatic carbocycles. The SMILES string of the molecule is CC(C)C[C@H](NC(=O)[C@H](C)NC(=O)[C@H](CCC(N)=O)NC(=O)[C@H](Cc1ccc(O)cc1)NC(=O)CNC(=O)[C@H](CC(N)=O)NC(=O)[C@@H](N)Cc1ccccc1)C(=O)N[C@@H](CC(=O)O)C(=O)N[C@@H](CCC(N)=O)C(=O)O. The van der Waals surface area contributed by atoms with E-state index in [4.69, 9.17) is 22.9 Å². The average molecular weight is 1060 g/mol. The fourth-order valence-corrected chi connectivity index (χ4v) is 6.94. The Morgan fingerprint density at radius 2 is 0.973 bits per heavy atom. The molecule has 11 amide bonds. The molecule has 0 unspecified atom stereocenters. The zero-order valence-electron chi connectivity index (χ0n) is 41.4. The zero-order chi connectivity index (χ0) is 56.5. The number of hydrogen-bond donors (Lipinski definition) is 15. The minimum absolute atomic E-state index is 0.0805. The second kappa shape index (κ2) is 31.0. The Kier molecular flexibility index (Phi) is 25.8. The van der Waals surface area contributed by atoms with E-state index < -0.39 is 170 Å². The van der Waals surface area contributed by atoms with Gasteiger partial charge in [-0.05, 0) is 61.8 Å². The van der Waals surface area contributed by atoms with Gasteiger partial charge in [-0.15, -0.1) is 0 Å². The lowest BCUT2D eigenvalue weighted by molar-refractivity contribution is -0.144. The summed E-state index contributed by atoms with van der Waals surface area (Å²) in [4.78, 5) is 166. The lowest BCUT2D eigenvalue weighted by Gasteiger charge is -2.27. The van der Waals surface area contributed by atoms with E-state index in [1.54, 1.807) is 44.2 Å². The van der Waals surface area contributed by atoms with Crippen LogP contribution in [-0.4, -0.2) is 147 Å². The zero-order valence-corrected chi connectivity index (χ0v) is 41.4. The van der Waals surface area contributed by atoms with Crippen molar-refractivity contribution in [2.24, 2.45) is 28.9 Å². The molecule has 0 heterocycles. The van der Waals surface area contributed by atoms with Gasteiger partial charge in [0.15, 0.2) is 0 Å². The van der Waals surface area contributed by atoms with Gasteiger partial charge in [0.1, 0.15) is 48.0 Å². The second-order valence-electron chi connectivity index (χ2n) is 17.8. The van der Waals surface area contributed by atoms with Gasteiger partial charge in [0.2, 0.25) is 65.0 Å². The summed E-state index contributed by atoms with van der Waals surface area (Å²) < 4.78 is 0. The van der Waals surface area contributed by atoms with Crippen LogP contribution in [0.2, 0.25) is 0 Å². The molecule has 28 nitrogen and oxygen atoms in total. The number of phenols is 1. The molecule has 0 aliphatic heterocycles. The summed E-state index contributed by atoms with van der Waals surface area (Å²) >= 11 is 0. The number of nitrogens with two attached hydrogens (primary N) is 4. The summed E-state index contributed by atoms with van der Waals surface area (Å²) in [7, 11) is 0. The number of benzene rings is 2. The highest BCUT2D eigenvalue weighted by Crippen LogP contribution is 2.13. The predicted octanol–water partition coefficient (Wildman–Crippen LogP) is -4.95. The summed E-state index contributed by atoms with van der Waals surface area (Å²) in [6.45, 7) is 3.67. The molecule has 0 bridgehead atoms. The number of carbonyl (C=O) groups is 13. The lowest BCUT2D eigenvalue weighted by atomic mass is 10.0. The first-order chi connectivity index (χ1) is 35.1. The van der Waals surface area contributed by atoms with Gasteiger partial charge in [-0.3, -0.25) is 57.5 Å². The third-order valence-electron chi connectivity index (χ3n) is 10.8. The van der Waals surface area contributed by atoms with Crippen LogP contribution in [0, 0.1) is 5.92 Å². The van der Waals surface area contributed by atoms with Gasteiger partial charge in [0.25, 0.3) is 0 Å². The fraction of sp³-hybridized carbons (Fsp3) is 0.468. The van der Waals surface area contributed by atoms with Gasteiger partial charge in [0, 0.05) is 19.3 Å². The number of nitrogens with one attached hydrogen (secondary N) is 8. The van der Waals surface area contributed by atoms with Crippen molar-refractivity contribution in [2.45, 2.75) is 127 Å². The van der Waals surface area contributed by atoms with Gasteiger partial charge in [-0.2, -0.15) is 0 Å². The molecule has 0 fully saturated rings. The number of aliphatic carboxylic acids is 2. The van der Waals surface area contributed by atoms with Crippen LogP contribution in [0.1, 0.15) is 76.8 Å². The van der Waals surface area contributed by atoms with E-state index in [1.165, 1.54) is 31.2 Å². The number of carbonyl (C=O) groups excluding carboxylic acids is 11. The van der Waals surface area contributed by atoms with Gasteiger partial charge < -0.3 is 80.8 Å². The number of rotatable bonds is 33. The fourth-order valence-electron chi connectivity index (χ4n) is 6.94. The first-order valence-electron chi connectivity index (χ1n) is 23.4. The number of hydrogen-bond acceptors (Lipinski definition) is 15. The molecular formula is C47H66N12O16. The number of phenolic OH excluding ortho intramolecular Hbond substituents is 1. The van der Waals surface area contributed by atoms with E-state index in [2.05, 4.69) is 42.5 Å². The molecule has 2 rings (SSSR count). The number of carboxylic acids is 2. The van der Waals surface area contributed by atoms with Crippen LogP contribution >= 0.6 is 0 Å². The summed E-state index contributed by atoms with van der Waals surface area (Å²) in [6, 6.07) is 1.64. The summed E-state index contributed by atoms with van der Waals surface area (Å²) in [5.74, 6) is -14.6. The van der Waals surface area contributed by atoms with Crippen molar-refractivity contribution in [2.75, 3.05) is 6.54 Å². The molecule has 410 valence electrons. The molecule has 19 N–H and O–H groups in total. The Morgan fingerprint density at radius 3 is 1.52 bits per heavy atom. The topological polar surface area (TPSA) is 483 Å². The van der Waals surface area contributed by atoms with Crippen molar-refractivity contribution in [1.82, 2.24) is 42.5 Å². The average Bonchev–Trinajstić information content (AvgIpc) is 3.32. The van der Waals surface area contributed by atoms with Crippen LogP contribution in [-0.2, 0) is 75.2 Å². The number of carboxylic acid groups (broad SMARTS) is 2. The molecular weight excluding hydrogens is 989 g/mol. The van der Waals surface area contributed by atoms with Crippen LogP contribution in [0.4, 0.5) is 0 Å². The Labute approximate surface area is 430 Å². The maximum absolute atomic E-state index is 14.0. The van der Waals surface area contributed by atoms with E-state index in [0.717, 1.165) is 0 Å². The Hall–Kier alpha value is -8.69. The van der Waals surface area contributed by atoms with E-state index >= 15 is 0 Å². The van der Waals surface area contributed by atoms with Crippen molar-refractivity contribution >= 4 is 76.9 Å². The molecule has 0 aromatic heterocycles. The number of aromatic hydroxyl groups is 1. The van der Waals surface area contributed by atoms with Crippen LogP contribution in [0.25, 0.3) is 0 Å². The van der Waals surface area contributed by atoms with Crippen LogP contribution in [0.5, 0.6) is 5.75 Å². The van der Waals surface area contributed by atoms with Crippen molar-refractivity contribution in [3.8, 4) is 5.75 Å². The van der Waals surface area contributed by atoms with E-state index in [9.17, 15) is 77.6 Å². The highest BCUT2D eigenvalue weighted by molar-refractivity contribution is 5.99. The molecule has 0 aliphatic rings. The van der Waals surface area contributed by atoms with Crippen molar-refractivity contribution < 1.29 is 77.6 Å². The minimum Gasteiger partial charge on any atom is -0.508 e. The third-order valence-corrected chi connectivity index (χ3v) is 10.8. The standard InChI is InChI=1S/C47H66N12O16/c1-23(2)17-31(44(71)59-34(21-39(65)66)46(73)56-30(47(74)75)14-16-36(50)62)57-40(67)24(3)53-43(70)29(13-15-35(49)61)55-45(72)32(19-26-9-11-27(60)12-10-26)54-38(64)22-52-42(69)33(20-37(51)63)58-41(68)28(48)18-25-7-5-4-6-8-25/h4-12,23-24,28-34,60H,13-22,48H2,1-3H3,(H2,49,61)(H2,50,62)(H2,51,63)(H,52,69)(H,53,70)(H,54,64)(H,55,72)(H,56,73)(H,57,67)(H,58,68)(H,59,71)(H,65,66)(H,74,75)/t24-,28-,29-,30-,31-,32-,33-,34-/m0/s1. The van der Waals surface area contributed by atoms with Gasteiger partial charge in [-0.25, -0.2) is 4.79 Å². The highest BCUT2D eigenvalue weighted by Gasteiger charge is 2.34.